The van der Waals surface area contributed by atoms with Crippen LogP contribution in [0.2, 0.25) is 5.15 Å². The second kappa shape index (κ2) is 11.8. The number of nitrogens with one attached hydrogen (secondary N) is 1. The summed E-state index contributed by atoms with van der Waals surface area (Å²) in [6, 6.07) is 0. The maximum absolute atomic E-state index is 14.8. The molecule has 0 radical (unpaired) electrons. The van der Waals surface area contributed by atoms with Crippen LogP contribution >= 0.6 is 23.4 Å². The number of anilines is 1. The molecule has 178 valence electrons. The fraction of sp³-hybridized carbons (Fsp3) is 0.636. The van der Waals surface area contributed by atoms with Crippen LogP contribution in [0, 0.1) is 5.82 Å². The van der Waals surface area contributed by atoms with Gasteiger partial charge in [-0.25, -0.2) is 24.1 Å². The molecule has 0 saturated heterocycles. The molecule has 0 saturated carbocycles. The topological polar surface area (TPSA) is 80.2 Å². The molecule has 0 aliphatic heterocycles. The first kappa shape index (κ1) is 26.4. The fourth-order valence-electron chi connectivity index (χ4n) is 3.11. The van der Waals surface area contributed by atoms with Crippen molar-refractivity contribution < 1.29 is 13.9 Å². The molecule has 7 nitrogen and oxygen atoms in total. The Bertz CT molecular complexity index is 939. The highest BCUT2D eigenvalue weighted by atomic mass is 35.5. The van der Waals surface area contributed by atoms with E-state index < -0.39 is 11.4 Å². The maximum Gasteiger partial charge on any atom is 0.410 e. The van der Waals surface area contributed by atoms with E-state index >= 15 is 0 Å². The molecule has 2 heterocycles. The second-order valence-corrected chi connectivity index (χ2v) is 9.57. The van der Waals surface area contributed by atoms with Crippen LogP contribution in [0.4, 0.5) is 15.0 Å². The molecule has 0 fully saturated rings. The summed E-state index contributed by atoms with van der Waals surface area (Å²) in [5.41, 5.74) is 0.243. The highest BCUT2D eigenvalue weighted by Gasteiger charge is 2.23. The average Bonchev–Trinajstić information content (AvgIpc) is 2.72. The van der Waals surface area contributed by atoms with Crippen molar-refractivity contribution in [3.63, 3.8) is 0 Å². The second-order valence-electron chi connectivity index (χ2n) is 8.44. The van der Waals surface area contributed by atoms with E-state index in [1.165, 1.54) is 11.8 Å². The van der Waals surface area contributed by atoms with Gasteiger partial charge < -0.3 is 15.0 Å². The van der Waals surface area contributed by atoms with Gasteiger partial charge in [0.25, 0.3) is 0 Å². The third kappa shape index (κ3) is 7.07. The standard InChI is InChI=1S/C22H33ClFN5O2S/c1-7-9-12-29(21(30)31-22(3,4)5)13-11-25-19-15-14(10-8-2)26-18(23)16(24)17(15)27-20(28-19)32-6/h7-13H2,1-6H3,(H,25,27,28). The van der Waals surface area contributed by atoms with E-state index in [4.69, 9.17) is 16.3 Å². The van der Waals surface area contributed by atoms with E-state index in [1.807, 2.05) is 34.0 Å². The third-order valence-corrected chi connectivity index (χ3v) is 5.37. The molecular formula is C22H33ClFN5O2S. The Labute approximate surface area is 198 Å². The lowest BCUT2D eigenvalue weighted by Crippen LogP contribution is -2.40. The number of ether oxygens (including phenoxy) is 1. The van der Waals surface area contributed by atoms with Crippen molar-refractivity contribution in [1.82, 2.24) is 19.9 Å². The summed E-state index contributed by atoms with van der Waals surface area (Å²) < 4.78 is 20.3. The highest BCUT2D eigenvalue weighted by Crippen LogP contribution is 2.31. The Balaban J connectivity index is 2.32. The third-order valence-electron chi connectivity index (χ3n) is 4.58. The number of halogens is 2. The number of unbranched alkanes of at least 4 members (excludes halogenated alkanes) is 1. The van der Waals surface area contributed by atoms with Gasteiger partial charge in [0.15, 0.2) is 16.1 Å². The number of rotatable bonds is 10. The molecule has 0 aliphatic rings. The highest BCUT2D eigenvalue weighted by molar-refractivity contribution is 7.98. The molecule has 0 bridgehead atoms. The number of hydrogen-bond acceptors (Lipinski definition) is 7. The minimum atomic E-state index is -0.652. The van der Waals surface area contributed by atoms with Gasteiger partial charge in [-0.15, -0.1) is 0 Å². The van der Waals surface area contributed by atoms with E-state index in [0.29, 0.717) is 48.1 Å². The van der Waals surface area contributed by atoms with Crippen LogP contribution < -0.4 is 5.32 Å². The van der Waals surface area contributed by atoms with Crippen LogP contribution in [-0.4, -0.2) is 57.4 Å². The van der Waals surface area contributed by atoms with Crippen LogP contribution in [0.3, 0.4) is 0 Å². The predicted molar refractivity (Wildman–Crippen MR) is 129 cm³/mol. The van der Waals surface area contributed by atoms with E-state index in [9.17, 15) is 9.18 Å². The van der Waals surface area contributed by atoms with E-state index in [-0.39, 0.29) is 16.8 Å². The van der Waals surface area contributed by atoms with Crippen molar-refractivity contribution in [3.8, 4) is 0 Å². The Morgan fingerprint density at radius 3 is 2.50 bits per heavy atom. The number of hydrogen-bond donors (Lipinski definition) is 1. The molecule has 1 N–H and O–H groups in total. The average molecular weight is 486 g/mol. The van der Waals surface area contributed by atoms with Gasteiger partial charge in [-0.2, -0.15) is 0 Å². The number of aryl methyl sites for hydroxylation is 1. The summed E-state index contributed by atoms with van der Waals surface area (Å²) in [7, 11) is 0. The van der Waals surface area contributed by atoms with Crippen molar-refractivity contribution in [2.75, 3.05) is 31.2 Å². The van der Waals surface area contributed by atoms with Gasteiger partial charge in [-0.3, -0.25) is 0 Å². The SMILES string of the molecule is CCCCN(CCNc1nc(SC)nc2c(F)c(Cl)nc(CCC)c12)C(=O)OC(C)(C)C. The molecule has 10 heteroatoms. The van der Waals surface area contributed by atoms with Crippen LogP contribution in [0.1, 0.15) is 59.6 Å². The first-order valence-corrected chi connectivity index (χ1v) is 12.5. The number of aromatic nitrogens is 3. The Kier molecular flexibility index (Phi) is 9.76. The minimum absolute atomic E-state index is 0.158. The Morgan fingerprint density at radius 1 is 1.19 bits per heavy atom. The van der Waals surface area contributed by atoms with Gasteiger partial charge in [-0.05, 0) is 39.9 Å². The summed E-state index contributed by atoms with van der Waals surface area (Å²) >= 11 is 7.34. The van der Waals surface area contributed by atoms with Gasteiger partial charge in [0.1, 0.15) is 16.9 Å². The molecule has 0 atom stereocenters. The lowest BCUT2D eigenvalue weighted by atomic mass is 10.1. The summed E-state index contributed by atoms with van der Waals surface area (Å²) in [6.45, 7) is 11.1. The molecule has 1 amide bonds. The molecule has 0 aromatic carbocycles. The largest absolute Gasteiger partial charge is 0.444 e. The monoisotopic (exact) mass is 485 g/mol. The van der Waals surface area contributed by atoms with Gasteiger partial charge in [0, 0.05) is 19.6 Å². The Hall–Kier alpha value is -1.87. The predicted octanol–water partition coefficient (Wildman–Crippen LogP) is 5.94. The molecule has 2 aromatic rings. The summed E-state index contributed by atoms with van der Waals surface area (Å²) in [5.74, 6) is -0.161. The van der Waals surface area contributed by atoms with Crippen molar-refractivity contribution in [2.24, 2.45) is 0 Å². The van der Waals surface area contributed by atoms with Gasteiger partial charge in [-0.1, -0.05) is 50.1 Å². The van der Waals surface area contributed by atoms with Gasteiger partial charge in [0.05, 0.1) is 11.1 Å². The molecule has 2 rings (SSSR count). The summed E-state index contributed by atoms with van der Waals surface area (Å²) in [6.07, 6.45) is 4.75. The van der Waals surface area contributed by atoms with Crippen molar-refractivity contribution in [1.29, 1.82) is 0 Å². The zero-order valence-electron chi connectivity index (χ0n) is 19.7. The van der Waals surface area contributed by atoms with Gasteiger partial charge in [0.2, 0.25) is 0 Å². The normalized spacial score (nSPS) is 11.6. The maximum atomic E-state index is 14.8. The number of carbonyl (C=O) groups is 1. The molecule has 0 unspecified atom stereocenters. The minimum Gasteiger partial charge on any atom is -0.444 e. The zero-order valence-corrected chi connectivity index (χ0v) is 21.3. The zero-order chi connectivity index (χ0) is 23.9. The number of nitrogens with zero attached hydrogens (tertiary/aromatic N) is 4. The first-order valence-electron chi connectivity index (χ1n) is 10.9. The van der Waals surface area contributed by atoms with Gasteiger partial charge >= 0.3 is 6.09 Å². The molecule has 2 aromatic heterocycles. The number of carbonyl (C=O) groups excluding carboxylic acids is 1. The van der Waals surface area contributed by atoms with Crippen LogP contribution in [-0.2, 0) is 11.2 Å². The van der Waals surface area contributed by atoms with E-state index in [0.717, 1.165) is 19.3 Å². The fourth-order valence-corrected chi connectivity index (χ4v) is 3.67. The van der Waals surface area contributed by atoms with E-state index in [2.05, 4.69) is 27.2 Å². The van der Waals surface area contributed by atoms with Crippen LogP contribution in [0.25, 0.3) is 10.9 Å². The lowest BCUT2D eigenvalue weighted by molar-refractivity contribution is 0.0255. The molecular weight excluding hydrogens is 453 g/mol. The molecule has 0 spiro atoms. The quantitative estimate of drug-likeness (QED) is 0.253. The van der Waals surface area contributed by atoms with Crippen LogP contribution in [0.15, 0.2) is 5.16 Å². The van der Waals surface area contributed by atoms with Crippen molar-refractivity contribution in [2.45, 2.75) is 71.1 Å². The summed E-state index contributed by atoms with van der Waals surface area (Å²) in [5, 5.41) is 4.04. The van der Waals surface area contributed by atoms with Crippen molar-refractivity contribution in [3.05, 3.63) is 16.7 Å². The van der Waals surface area contributed by atoms with Crippen molar-refractivity contribution >= 4 is 46.2 Å². The number of thioether (sulfide) groups is 1. The Morgan fingerprint density at radius 2 is 1.91 bits per heavy atom. The smallest absolute Gasteiger partial charge is 0.410 e. The number of pyridine rings is 1. The molecule has 32 heavy (non-hydrogen) atoms. The van der Waals surface area contributed by atoms with E-state index in [1.54, 1.807) is 4.90 Å². The number of fused-ring (bicyclic) bond motifs is 1. The lowest BCUT2D eigenvalue weighted by Gasteiger charge is -2.27. The molecule has 0 aliphatic carbocycles. The van der Waals surface area contributed by atoms with Crippen LogP contribution in [0.5, 0.6) is 0 Å². The number of amides is 1. The summed E-state index contributed by atoms with van der Waals surface area (Å²) in [4.78, 5) is 27.4. The first-order chi connectivity index (χ1) is 15.1.